The lowest BCUT2D eigenvalue weighted by atomic mass is 10.1. The van der Waals surface area contributed by atoms with E-state index in [1.165, 1.54) is 36.3 Å². The van der Waals surface area contributed by atoms with Crippen LogP contribution in [0.1, 0.15) is 11.1 Å². The van der Waals surface area contributed by atoms with E-state index in [0.717, 1.165) is 18.2 Å². The lowest BCUT2D eigenvalue weighted by molar-refractivity contribution is -0.386. The number of carbonyl (C=O) groups is 1. The van der Waals surface area contributed by atoms with E-state index < -0.39 is 22.5 Å². The summed E-state index contributed by atoms with van der Waals surface area (Å²) in [5.41, 5.74) is 1.32. The van der Waals surface area contributed by atoms with Gasteiger partial charge in [0.1, 0.15) is 29.7 Å². The number of nitrogens with one attached hydrogen (secondary N) is 1. The summed E-state index contributed by atoms with van der Waals surface area (Å²) in [6.07, 6.45) is 1.56. The fourth-order valence-electron chi connectivity index (χ4n) is 3.44. The number of hydrogen-bond donors (Lipinski definition) is 1. The van der Waals surface area contributed by atoms with Gasteiger partial charge in [-0.1, -0.05) is 6.07 Å². The molecule has 1 amide bonds. The van der Waals surface area contributed by atoms with Crippen molar-refractivity contribution < 1.29 is 28.0 Å². The summed E-state index contributed by atoms with van der Waals surface area (Å²) in [6.45, 7) is -0.161. The largest absolute Gasteiger partial charge is 0.496 e. The van der Waals surface area contributed by atoms with Gasteiger partial charge < -0.3 is 14.8 Å². The second-order valence-electron chi connectivity index (χ2n) is 7.33. The molecule has 0 aromatic heterocycles. The zero-order valence-corrected chi connectivity index (χ0v) is 19.0. The number of halogens is 2. The number of nitro benzene ring substituents is 1. The zero-order valence-electron chi connectivity index (χ0n) is 18.2. The highest BCUT2D eigenvalue weighted by Crippen LogP contribution is 2.30. The maximum absolute atomic E-state index is 13.6. The molecular weight excluding hydrogens is 480 g/mol. The number of hydrogen-bond acceptors (Lipinski definition) is 6. The van der Waals surface area contributed by atoms with E-state index >= 15 is 0 Å². The number of carbonyl (C=O) groups excluding carboxylic acids is 1. The van der Waals surface area contributed by atoms with E-state index in [1.807, 2.05) is 0 Å². The van der Waals surface area contributed by atoms with Crippen LogP contribution >= 0.6 is 12.2 Å². The van der Waals surface area contributed by atoms with Crippen LogP contribution in [0.4, 0.5) is 20.2 Å². The fraction of sp³-hybridized carbons (Fsp3) is 0.0833. The van der Waals surface area contributed by atoms with Crippen molar-refractivity contribution in [2.24, 2.45) is 0 Å². The number of nitro groups is 1. The average molecular weight is 497 g/mol. The minimum Gasteiger partial charge on any atom is -0.496 e. The Morgan fingerprint density at radius 2 is 1.77 bits per heavy atom. The number of methoxy groups -OCH3 is 1. The maximum atomic E-state index is 13.6. The average Bonchev–Trinajstić information content (AvgIpc) is 3.10. The van der Waals surface area contributed by atoms with Gasteiger partial charge in [-0.2, -0.15) is 0 Å². The minimum absolute atomic E-state index is 0.142. The summed E-state index contributed by atoms with van der Waals surface area (Å²) in [5, 5.41) is 14.2. The molecule has 3 aromatic rings. The van der Waals surface area contributed by atoms with Crippen LogP contribution in [0.3, 0.4) is 0 Å². The molecule has 0 unspecified atom stereocenters. The first-order valence-electron chi connectivity index (χ1n) is 10.1. The third-order valence-corrected chi connectivity index (χ3v) is 5.36. The number of amides is 1. The van der Waals surface area contributed by atoms with Crippen LogP contribution < -0.4 is 19.7 Å². The summed E-state index contributed by atoms with van der Waals surface area (Å²) in [4.78, 5) is 24.7. The minimum atomic E-state index is -0.677. The van der Waals surface area contributed by atoms with Crippen LogP contribution in [0.5, 0.6) is 11.5 Å². The van der Waals surface area contributed by atoms with Crippen molar-refractivity contribution in [1.29, 1.82) is 0 Å². The van der Waals surface area contributed by atoms with Crippen LogP contribution in [0.15, 0.2) is 66.4 Å². The molecule has 1 aliphatic rings. The molecule has 0 spiro atoms. The SMILES string of the molecule is COc1ccc(/C=C2/NC(=S)N(c3ccc(F)cc3)C2=O)cc1COc1cc(F)ccc1[N+](=O)[O-]. The van der Waals surface area contributed by atoms with Crippen LogP contribution in [-0.2, 0) is 11.4 Å². The lowest BCUT2D eigenvalue weighted by Gasteiger charge is -2.13. The number of rotatable bonds is 7. The van der Waals surface area contributed by atoms with E-state index in [-0.39, 0.29) is 28.9 Å². The van der Waals surface area contributed by atoms with Crippen molar-refractivity contribution in [2.75, 3.05) is 12.0 Å². The van der Waals surface area contributed by atoms with Crippen molar-refractivity contribution in [3.05, 3.63) is 99.2 Å². The lowest BCUT2D eigenvalue weighted by Crippen LogP contribution is -2.30. The Hall–Kier alpha value is -4.38. The Morgan fingerprint density at radius 1 is 1.06 bits per heavy atom. The van der Waals surface area contributed by atoms with Crippen LogP contribution in [0.25, 0.3) is 6.08 Å². The van der Waals surface area contributed by atoms with E-state index in [4.69, 9.17) is 21.7 Å². The van der Waals surface area contributed by atoms with Crippen LogP contribution in [0.2, 0.25) is 0 Å². The highest BCUT2D eigenvalue weighted by Gasteiger charge is 2.32. The summed E-state index contributed by atoms with van der Waals surface area (Å²) in [5.74, 6) is -1.34. The quantitative estimate of drug-likeness (QED) is 0.218. The van der Waals surface area contributed by atoms with Gasteiger partial charge in [-0.25, -0.2) is 8.78 Å². The van der Waals surface area contributed by atoms with E-state index in [2.05, 4.69) is 5.32 Å². The molecule has 0 aliphatic carbocycles. The maximum Gasteiger partial charge on any atom is 0.311 e. The number of benzene rings is 3. The van der Waals surface area contributed by atoms with Crippen molar-refractivity contribution in [3.8, 4) is 11.5 Å². The third kappa shape index (κ3) is 5.09. The Bertz CT molecular complexity index is 1360. The molecule has 8 nitrogen and oxygen atoms in total. The molecule has 4 rings (SSSR count). The Labute approximate surface area is 203 Å². The van der Waals surface area contributed by atoms with Crippen molar-refractivity contribution in [1.82, 2.24) is 5.32 Å². The van der Waals surface area contributed by atoms with Gasteiger partial charge in [0.25, 0.3) is 5.91 Å². The molecule has 178 valence electrons. The molecule has 1 aliphatic heterocycles. The molecule has 1 N–H and O–H groups in total. The van der Waals surface area contributed by atoms with Crippen LogP contribution in [-0.4, -0.2) is 23.1 Å². The van der Waals surface area contributed by atoms with Gasteiger partial charge in [0, 0.05) is 17.7 Å². The van der Waals surface area contributed by atoms with E-state index in [9.17, 15) is 23.7 Å². The van der Waals surface area contributed by atoms with Gasteiger partial charge in [0.05, 0.1) is 17.7 Å². The molecule has 1 saturated heterocycles. The normalized spacial score (nSPS) is 14.3. The number of ether oxygens (including phenoxy) is 2. The van der Waals surface area contributed by atoms with Gasteiger partial charge in [-0.05, 0) is 66.3 Å². The zero-order chi connectivity index (χ0) is 25.1. The summed E-state index contributed by atoms with van der Waals surface area (Å²) in [7, 11) is 1.45. The topological polar surface area (TPSA) is 93.9 Å². The molecule has 35 heavy (non-hydrogen) atoms. The number of thiocarbonyl (C=S) groups is 1. The second kappa shape index (κ2) is 9.85. The number of anilines is 1. The molecule has 11 heteroatoms. The first-order valence-corrected chi connectivity index (χ1v) is 10.5. The predicted octanol–water partition coefficient (Wildman–Crippen LogP) is 4.72. The van der Waals surface area contributed by atoms with Gasteiger partial charge in [0.15, 0.2) is 10.9 Å². The summed E-state index contributed by atoms with van der Waals surface area (Å²) in [6, 6.07) is 13.3. The highest BCUT2D eigenvalue weighted by molar-refractivity contribution is 7.80. The third-order valence-electron chi connectivity index (χ3n) is 5.08. The number of nitrogens with zero attached hydrogens (tertiary/aromatic N) is 2. The van der Waals surface area contributed by atoms with E-state index in [0.29, 0.717) is 22.6 Å². The smallest absolute Gasteiger partial charge is 0.311 e. The second-order valence-corrected chi connectivity index (χ2v) is 7.72. The molecule has 0 radical (unpaired) electrons. The highest BCUT2D eigenvalue weighted by atomic mass is 32.1. The Kier molecular flexibility index (Phi) is 6.69. The first kappa shape index (κ1) is 23.8. The molecule has 0 saturated carbocycles. The molecule has 0 bridgehead atoms. The molecule has 1 heterocycles. The summed E-state index contributed by atoms with van der Waals surface area (Å²) >= 11 is 5.26. The molecule has 0 atom stereocenters. The fourth-order valence-corrected chi connectivity index (χ4v) is 3.74. The molecule has 3 aromatic carbocycles. The summed E-state index contributed by atoms with van der Waals surface area (Å²) < 4.78 is 37.7. The van der Waals surface area contributed by atoms with Gasteiger partial charge in [-0.3, -0.25) is 19.8 Å². The Morgan fingerprint density at radius 3 is 2.46 bits per heavy atom. The standard InChI is InChI=1S/C24H17F2N3O5S/c1-33-21-9-2-14(10-15(21)13-34-22-12-17(26)5-8-20(22)29(31)32)11-19-23(30)28(24(35)27-19)18-6-3-16(25)4-7-18/h2-12H,13H2,1H3,(H,27,35)/b19-11+. The first-order chi connectivity index (χ1) is 16.8. The Balaban J connectivity index is 1.59. The van der Waals surface area contributed by atoms with Crippen molar-refractivity contribution in [2.45, 2.75) is 6.61 Å². The van der Waals surface area contributed by atoms with Crippen molar-refractivity contribution in [3.63, 3.8) is 0 Å². The van der Waals surface area contributed by atoms with Crippen molar-refractivity contribution >= 4 is 40.7 Å². The van der Waals surface area contributed by atoms with Gasteiger partial charge in [0.2, 0.25) is 0 Å². The van der Waals surface area contributed by atoms with Crippen LogP contribution in [0, 0.1) is 21.7 Å². The predicted molar refractivity (Wildman–Crippen MR) is 128 cm³/mol. The van der Waals surface area contributed by atoms with E-state index in [1.54, 1.807) is 24.3 Å². The van der Waals surface area contributed by atoms with Gasteiger partial charge in [-0.15, -0.1) is 0 Å². The molecule has 1 fully saturated rings. The monoisotopic (exact) mass is 497 g/mol. The van der Waals surface area contributed by atoms with Gasteiger partial charge >= 0.3 is 5.69 Å². The molecular formula is C24H17F2N3O5S.